The fraction of sp³-hybridized carbons (Fsp3) is 0.0952. The van der Waals surface area contributed by atoms with Crippen LogP contribution in [0.3, 0.4) is 0 Å². The summed E-state index contributed by atoms with van der Waals surface area (Å²) in [6.07, 6.45) is 5.03. The zero-order valence-electron chi connectivity index (χ0n) is 15.5. The lowest BCUT2D eigenvalue weighted by Crippen LogP contribution is -2.06. The second-order valence-electron chi connectivity index (χ2n) is 6.43. The van der Waals surface area contributed by atoms with Crippen LogP contribution in [0, 0.1) is 11.6 Å². The van der Waals surface area contributed by atoms with Gasteiger partial charge in [0, 0.05) is 42.3 Å². The van der Waals surface area contributed by atoms with E-state index in [-0.39, 0.29) is 5.69 Å². The summed E-state index contributed by atoms with van der Waals surface area (Å²) in [5.74, 6) is -1.32. The van der Waals surface area contributed by atoms with E-state index < -0.39 is 22.6 Å². The number of halogens is 2. The maximum Gasteiger partial charge on any atom is 0.158 e. The first-order chi connectivity index (χ1) is 14.1. The minimum Gasteiger partial charge on any atom is -0.353 e. The number of hydrogen-bond acceptors (Lipinski definition) is 4. The average Bonchev–Trinajstić information content (AvgIpc) is 3.08. The molecule has 2 aromatic heterocycles. The first kappa shape index (κ1) is 19.2. The van der Waals surface area contributed by atoms with Gasteiger partial charge in [0.2, 0.25) is 0 Å². The van der Waals surface area contributed by atoms with Crippen LogP contribution in [0.5, 0.6) is 0 Å². The smallest absolute Gasteiger partial charge is 0.158 e. The fourth-order valence-corrected chi connectivity index (χ4v) is 4.25. The molecule has 0 spiro atoms. The normalized spacial score (nSPS) is 12.2. The molecule has 29 heavy (non-hydrogen) atoms. The molecule has 0 fully saturated rings. The lowest BCUT2D eigenvalue weighted by atomic mass is 10.1. The van der Waals surface area contributed by atoms with E-state index in [1.807, 2.05) is 25.4 Å². The first-order valence-electron chi connectivity index (χ1n) is 8.90. The topological polar surface area (TPSA) is 59.0 Å². The van der Waals surface area contributed by atoms with Crippen LogP contribution in [0.2, 0.25) is 0 Å². The second kappa shape index (κ2) is 8.10. The van der Waals surface area contributed by atoms with Crippen molar-refractivity contribution < 1.29 is 13.0 Å². The lowest BCUT2D eigenvalue weighted by molar-refractivity contribution is 0.586. The summed E-state index contributed by atoms with van der Waals surface area (Å²) in [5.41, 5.74) is 2.47. The van der Waals surface area contributed by atoms with E-state index in [0.717, 1.165) is 22.5 Å². The molecule has 0 saturated heterocycles. The maximum atomic E-state index is 14.0. The van der Waals surface area contributed by atoms with Crippen molar-refractivity contribution in [2.24, 2.45) is 0 Å². The summed E-state index contributed by atoms with van der Waals surface area (Å²) >= 11 is 0. The van der Waals surface area contributed by atoms with Crippen LogP contribution in [0.15, 0.2) is 72.0 Å². The van der Waals surface area contributed by atoms with Crippen LogP contribution in [0.4, 0.5) is 20.2 Å². The molecule has 4 aromatic rings. The summed E-state index contributed by atoms with van der Waals surface area (Å²) < 4.78 is 42.0. The zero-order chi connectivity index (χ0) is 20.4. The molecule has 1 unspecified atom stereocenters. The van der Waals surface area contributed by atoms with Crippen molar-refractivity contribution in [1.29, 1.82) is 0 Å². The molecule has 0 aliphatic carbocycles. The predicted molar refractivity (Wildman–Crippen MR) is 110 cm³/mol. The van der Waals surface area contributed by atoms with Crippen molar-refractivity contribution in [3.8, 4) is 0 Å². The van der Waals surface area contributed by atoms with Crippen molar-refractivity contribution in [2.75, 3.05) is 12.4 Å². The monoisotopic (exact) mass is 412 g/mol. The van der Waals surface area contributed by atoms with Crippen molar-refractivity contribution in [2.45, 2.75) is 11.4 Å². The van der Waals surface area contributed by atoms with E-state index in [1.54, 1.807) is 34.6 Å². The van der Waals surface area contributed by atoms with E-state index in [9.17, 15) is 13.0 Å². The van der Waals surface area contributed by atoms with Crippen molar-refractivity contribution in [1.82, 2.24) is 14.3 Å². The summed E-state index contributed by atoms with van der Waals surface area (Å²) in [7, 11) is 0.350. The molecule has 0 aliphatic heterocycles. The molecule has 0 saturated carbocycles. The molecule has 2 heterocycles. The number of nitrogens with zero attached hydrogens (tertiary/aromatic N) is 2. The van der Waals surface area contributed by atoms with Gasteiger partial charge in [-0.3, -0.25) is 8.96 Å². The van der Waals surface area contributed by atoms with E-state index in [2.05, 4.69) is 15.6 Å². The Morgan fingerprint density at radius 3 is 2.72 bits per heavy atom. The molecule has 0 radical (unpaired) electrons. The van der Waals surface area contributed by atoms with Gasteiger partial charge in [0.1, 0.15) is 11.6 Å². The third kappa shape index (κ3) is 3.90. The van der Waals surface area contributed by atoms with Crippen LogP contribution in [0.1, 0.15) is 5.56 Å². The van der Waals surface area contributed by atoms with Crippen LogP contribution < -0.4 is 10.6 Å². The third-order valence-corrected chi connectivity index (χ3v) is 5.75. The number of hydrogen-bond donors (Lipinski definition) is 2. The number of rotatable bonds is 6. The highest BCUT2D eigenvalue weighted by atomic mass is 32.2. The Morgan fingerprint density at radius 2 is 2.00 bits per heavy atom. The highest BCUT2D eigenvalue weighted by Gasteiger charge is 2.15. The van der Waals surface area contributed by atoms with Gasteiger partial charge in [-0.1, -0.05) is 6.07 Å². The van der Waals surface area contributed by atoms with Gasteiger partial charge in [0.25, 0.3) is 0 Å². The molecule has 2 aromatic carbocycles. The number of nitrogens with one attached hydrogen (secondary N) is 2. The standard InChI is InChI=1S/C21H18F2N4OS/c1-24-11-14-13-27(29(28)17-3-2-8-25-12-17)21-10-16(5-6-18(14)21)26-20-7-4-15(22)9-19(20)23/h2-10,12-13,24,26H,11H2,1H3. The highest BCUT2D eigenvalue weighted by molar-refractivity contribution is 7.83. The second-order valence-corrected chi connectivity index (χ2v) is 7.79. The lowest BCUT2D eigenvalue weighted by Gasteiger charge is -2.10. The number of fused-ring (bicyclic) bond motifs is 1. The number of benzene rings is 2. The third-order valence-electron chi connectivity index (χ3n) is 4.45. The molecule has 0 aliphatic rings. The Labute approximate surface area is 169 Å². The Balaban J connectivity index is 1.78. The number of anilines is 2. The first-order valence-corrected chi connectivity index (χ1v) is 10.0. The van der Waals surface area contributed by atoms with Crippen LogP contribution in [0.25, 0.3) is 10.9 Å². The van der Waals surface area contributed by atoms with Crippen molar-refractivity contribution in [3.63, 3.8) is 0 Å². The van der Waals surface area contributed by atoms with Crippen molar-refractivity contribution >= 4 is 33.3 Å². The van der Waals surface area contributed by atoms with E-state index >= 15 is 0 Å². The summed E-state index contributed by atoms with van der Waals surface area (Å²) in [6.45, 7) is 0.604. The molecule has 0 amide bonds. The number of aromatic nitrogens is 2. The highest BCUT2D eigenvalue weighted by Crippen LogP contribution is 2.29. The molecule has 8 heteroatoms. The summed E-state index contributed by atoms with van der Waals surface area (Å²) in [6, 6.07) is 12.3. The van der Waals surface area contributed by atoms with E-state index in [1.165, 1.54) is 12.1 Å². The predicted octanol–water partition coefficient (Wildman–Crippen LogP) is 4.35. The minimum atomic E-state index is -1.49. The maximum absolute atomic E-state index is 14.0. The van der Waals surface area contributed by atoms with Gasteiger partial charge in [-0.25, -0.2) is 13.0 Å². The molecule has 5 nitrogen and oxygen atoms in total. The van der Waals surface area contributed by atoms with Gasteiger partial charge < -0.3 is 10.6 Å². The Bertz CT molecular complexity index is 1190. The van der Waals surface area contributed by atoms with Gasteiger partial charge >= 0.3 is 0 Å². The van der Waals surface area contributed by atoms with E-state index in [0.29, 0.717) is 17.1 Å². The summed E-state index contributed by atoms with van der Waals surface area (Å²) in [4.78, 5) is 4.61. The molecule has 4 rings (SSSR count). The Morgan fingerprint density at radius 1 is 1.14 bits per heavy atom. The minimum absolute atomic E-state index is 0.160. The molecular weight excluding hydrogens is 394 g/mol. The largest absolute Gasteiger partial charge is 0.353 e. The number of pyridine rings is 1. The van der Waals surface area contributed by atoms with Gasteiger partial charge in [0.15, 0.2) is 11.0 Å². The molecule has 148 valence electrons. The quantitative estimate of drug-likeness (QED) is 0.494. The van der Waals surface area contributed by atoms with Crippen molar-refractivity contribution in [3.05, 3.63) is 84.3 Å². The van der Waals surface area contributed by atoms with Crippen LogP contribution >= 0.6 is 0 Å². The van der Waals surface area contributed by atoms with Gasteiger partial charge in [0.05, 0.1) is 16.1 Å². The van der Waals surface area contributed by atoms with Crippen LogP contribution in [-0.4, -0.2) is 20.2 Å². The average molecular weight is 412 g/mol. The molecular formula is C21H18F2N4OS. The molecule has 0 bridgehead atoms. The van der Waals surface area contributed by atoms with Gasteiger partial charge in [-0.15, -0.1) is 0 Å². The van der Waals surface area contributed by atoms with E-state index in [4.69, 9.17) is 0 Å². The fourth-order valence-electron chi connectivity index (χ4n) is 3.12. The molecule has 2 N–H and O–H groups in total. The Kier molecular flexibility index (Phi) is 5.37. The van der Waals surface area contributed by atoms with Crippen LogP contribution in [-0.2, 0) is 17.5 Å². The van der Waals surface area contributed by atoms with Gasteiger partial charge in [-0.2, -0.15) is 0 Å². The Hall–Kier alpha value is -3.10. The van der Waals surface area contributed by atoms with Gasteiger partial charge in [-0.05, 0) is 49.0 Å². The summed E-state index contributed by atoms with van der Waals surface area (Å²) in [5, 5.41) is 7.00. The molecule has 1 atom stereocenters. The zero-order valence-corrected chi connectivity index (χ0v) is 16.3. The SMILES string of the molecule is CNCc1cn(S(=O)c2cccnc2)c2cc(Nc3ccc(F)cc3F)ccc12.